The number of hydrogen-bond donors (Lipinski definition) is 1. The number of likely N-dealkylation sites (tertiary alicyclic amines) is 1. The van der Waals surface area contributed by atoms with Gasteiger partial charge in [-0.3, -0.25) is 0 Å². The molecule has 1 aromatic heterocycles. The molecule has 0 aliphatic carbocycles. The lowest BCUT2D eigenvalue weighted by atomic mass is 10.0. The van der Waals surface area contributed by atoms with Crippen LogP contribution in [-0.2, 0) is 6.54 Å². The summed E-state index contributed by atoms with van der Waals surface area (Å²) in [6.07, 6.45) is 7.17. The molecule has 0 bridgehead atoms. The van der Waals surface area contributed by atoms with Gasteiger partial charge in [-0.1, -0.05) is 18.2 Å². The number of nitrogens with one attached hydrogen (secondary N) is 1. The summed E-state index contributed by atoms with van der Waals surface area (Å²) in [7, 11) is 0. The Balaban J connectivity index is 1.58. The number of amides is 2. The number of carbonyl (C=O) groups is 1. The molecule has 0 radical (unpaired) electrons. The average molecular weight is 298 g/mol. The van der Waals surface area contributed by atoms with Crippen LogP contribution >= 0.6 is 0 Å². The van der Waals surface area contributed by atoms with Crippen LogP contribution in [0.5, 0.6) is 0 Å². The first-order chi connectivity index (χ1) is 10.7. The predicted octanol–water partition coefficient (Wildman–Crippen LogP) is 2.96. The highest BCUT2D eigenvalue weighted by Crippen LogP contribution is 2.16. The Morgan fingerprint density at radius 2 is 2.14 bits per heavy atom. The van der Waals surface area contributed by atoms with E-state index >= 15 is 0 Å². The standard InChI is InChI=1S/C17H22N4O/c1-14-7-5-6-10-20(14)17(22)18-11-15-12-19-21(13-15)16-8-3-2-4-9-16/h2-4,8-9,12-14H,5-7,10-11H2,1H3,(H,18,22). The zero-order chi connectivity index (χ0) is 15.4. The van der Waals surface area contributed by atoms with E-state index in [2.05, 4.69) is 17.3 Å². The van der Waals surface area contributed by atoms with E-state index in [4.69, 9.17) is 0 Å². The van der Waals surface area contributed by atoms with Crippen molar-refractivity contribution in [1.82, 2.24) is 20.0 Å². The summed E-state index contributed by atoms with van der Waals surface area (Å²) in [5.74, 6) is 0. The van der Waals surface area contributed by atoms with E-state index in [1.165, 1.54) is 6.42 Å². The van der Waals surface area contributed by atoms with Gasteiger partial charge in [-0.15, -0.1) is 0 Å². The maximum Gasteiger partial charge on any atom is 0.317 e. The van der Waals surface area contributed by atoms with Crippen molar-refractivity contribution in [3.63, 3.8) is 0 Å². The molecule has 1 aliphatic rings. The molecule has 1 fully saturated rings. The Morgan fingerprint density at radius 1 is 1.32 bits per heavy atom. The van der Waals surface area contributed by atoms with Crippen LogP contribution in [0.1, 0.15) is 31.7 Å². The number of carbonyl (C=O) groups excluding carboxylic acids is 1. The van der Waals surface area contributed by atoms with E-state index < -0.39 is 0 Å². The van der Waals surface area contributed by atoms with Gasteiger partial charge in [-0.2, -0.15) is 5.10 Å². The van der Waals surface area contributed by atoms with Gasteiger partial charge in [0.05, 0.1) is 11.9 Å². The minimum Gasteiger partial charge on any atom is -0.334 e. The highest BCUT2D eigenvalue weighted by Gasteiger charge is 2.22. The second-order valence-corrected chi connectivity index (χ2v) is 5.83. The van der Waals surface area contributed by atoms with Crippen molar-refractivity contribution in [3.8, 4) is 5.69 Å². The zero-order valence-corrected chi connectivity index (χ0v) is 12.9. The van der Waals surface area contributed by atoms with Crippen molar-refractivity contribution in [2.45, 2.75) is 38.8 Å². The van der Waals surface area contributed by atoms with Gasteiger partial charge in [0, 0.05) is 30.9 Å². The molecule has 22 heavy (non-hydrogen) atoms. The molecule has 1 atom stereocenters. The fourth-order valence-corrected chi connectivity index (χ4v) is 2.85. The molecule has 0 spiro atoms. The largest absolute Gasteiger partial charge is 0.334 e. The topological polar surface area (TPSA) is 50.2 Å². The van der Waals surface area contributed by atoms with Crippen LogP contribution in [0.4, 0.5) is 4.79 Å². The van der Waals surface area contributed by atoms with Crippen molar-refractivity contribution in [1.29, 1.82) is 0 Å². The summed E-state index contributed by atoms with van der Waals surface area (Å²) in [6.45, 7) is 3.48. The van der Waals surface area contributed by atoms with Gasteiger partial charge in [-0.05, 0) is 38.3 Å². The van der Waals surface area contributed by atoms with E-state index in [1.54, 1.807) is 6.20 Å². The fourth-order valence-electron chi connectivity index (χ4n) is 2.85. The van der Waals surface area contributed by atoms with E-state index in [-0.39, 0.29) is 6.03 Å². The van der Waals surface area contributed by atoms with Gasteiger partial charge >= 0.3 is 6.03 Å². The number of hydrogen-bond acceptors (Lipinski definition) is 2. The molecule has 1 aliphatic heterocycles. The molecule has 1 unspecified atom stereocenters. The van der Waals surface area contributed by atoms with Gasteiger partial charge in [0.2, 0.25) is 0 Å². The molecule has 1 saturated heterocycles. The number of aromatic nitrogens is 2. The third-order valence-electron chi connectivity index (χ3n) is 4.16. The van der Waals surface area contributed by atoms with Crippen LogP contribution in [-0.4, -0.2) is 33.3 Å². The normalized spacial score (nSPS) is 18.2. The molecule has 2 heterocycles. The monoisotopic (exact) mass is 298 g/mol. The van der Waals surface area contributed by atoms with Crippen LogP contribution in [0.15, 0.2) is 42.7 Å². The SMILES string of the molecule is CC1CCCCN1C(=O)NCc1cnn(-c2ccccc2)c1. The summed E-state index contributed by atoms with van der Waals surface area (Å²) in [5.41, 5.74) is 2.02. The van der Waals surface area contributed by atoms with Gasteiger partial charge in [-0.25, -0.2) is 9.48 Å². The fraction of sp³-hybridized carbons (Fsp3) is 0.412. The summed E-state index contributed by atoms with van der Waals surface area (Å²) in [5, 5.41) is 7.34. The maximum absolute atomic E-state index is 12.2. The van der Waals surface area contributed by atoms with Crippen molar-refractivity contribution in [2.24, 2.45) is 0 Å². The van der Waals surface area contributed by atoms with E-state index in [1.807, 2.05) is 46.1 Å². The molecular formula is C17H22N4O. The number of benzene rings is 1. The van der Waals surface area contributed by atoms with E-state index in [9.17, 15) is 4.79 Å². The Morgan fingerprint density at radius 3 is 2.91 bits per heavy atom. The number of para-hydroxylation sites is 1. The first kappa shape index (κ1) is 14.6. The summed E-state index contributed by atoms with van der Waals surface area (Å²) >= 11 is 0. The first-order valence-electron chi connectivity index (χ1n) is 7.87. The van der Waals surface area contributed by atoms with Gasteiger partial charge in [0.25, 0.3) is 0 Å². The van der Waals surface area contributed by atoms with Crippen LogP contribution < -0.4 is 5.32 Å². The molecule has 2 amide bonds. The quantitative estimate of drug-likeness (QED) is 0.947. The summed E-state index contributed by atoms with van der Waals surface area (Å²) in [6, 6.07) is 10.3. The van der Waals surface area contributed by atoms with Gasteiger partial charge in [0.15, 0.2) is 0 Å². The zero-order valence-electron chi connectivity index (χ0n) is 12.9. The number of rotatable bonds is 3. The highest BCUT2D eigenvalue weighted by atomic mass is 16.2. The molecule has 0 saturated carbocycles. The van der Waals surface area contributed by atoms with Gasteiger partial charge < -0.3 is 10.2 Å². The lowest BCUT2D eigenvalue weighted by Gasteiger charge is -2.33. The Hall–Kier alpha value is -2.30. The molecule has 3 rings (SSSR count). The lowest BCUT2D eigenvalue weighted by Crippen LogP contribution is -2.47. The summed E-state index contributed by atoms with van der Waals surface area (Å²) in [4.78, 5) is 14.2. The number of nitrogens with zero attached hydrogens (tertiary/aromatic N) is 3. The predicted molar refractivity (Wildman–Crippen MR) is 85.8 cm³/mol. The number of piperidine rings is 1. The van der Waals surface area contributed by atoms with Crippen molar-refractivity contribution in [2.75, 3.05) is 6.54 Å². The van der Waals surface area contributed by atoms with Crippen LogP contribution in [0.3, 0.4) is 0 Å². The molecule has 5 nitrogen and oxygen atoms in total. The Kier molecular flexibility index (Phi) is 4.42. The van der Waals surface area contributed by atoms with Crippen LogP contribution in [0.2, 0.25) is 0 Å². The summed E-state index contributed by atoms with van der Waals surface area (Å²) < 4.78 is 1.82. The molecule has 5 heteroatoms. The third-order valence-corrected chi connectivity index (χ3v) is 4.16. The third kappa shape index (κ3) is 3.30. The second-order valence-electron chi connectivity index (χ2n) is 5.83. The molecule has 1 aromatic carbocycles. The Bertz CT molecular complexity index is 623. The van der Waals surface area contributed by atoms with E-state index in [0.29, 0.717) is 12.6 Å². The lowest BCUT2D eigenvalue weighted by molar-refractivity contribution is 0.158. The second kappa shape index (κ2) is 6.64. The van der Waals surface area contributed by atoms with Crippen molar-refractivity contribution < 1.29 is 4.79 Å². The van der Waals surface area contributed by atoms with E-state index in [0.717, 1.165) is 30.6 Å². The van der Waals surface area contributed by atoms with Crippen LogP contribution in [0, 0.1) is 0 Å². The molecular weight excluding hydrogens is 276 g/mol. The molecule has 2 aromatic rings. The van der Waals surface area contributed by atoms with Gasteiger partial charge in [0.1, 0.15) is 0 Å². The highest BCUT2D eigenvalue weighted by molar-refractivity contribution is 5.74. The van der Waals surface area contributed by atoms with Crippen molar-refractivity contribution >= 4 is 6.03 Å². The first-order valence-corrected chi connectivity index (χ1v) is 7.87. The average Bonchev–Trinajstić information content (AvgIpc) is 3.03. The van der Waals surface area contributed by atoms with Crippen molar-refractivity contribution in [3.05, 3.63) is 48.3 Å². The minimum absolute atomic E-state index is 0.0275. The maximum atomic E-state index is 12.2. The molecule has 116 valence electrons. The Labute approximate surface area is 130 Å². The van der Waals surface area contributed by atoms with Crippen LogP contribution in [0.25, 0.3) is 5.69 Å². The number of urea groups is 1. The molecule has 1 N–H and O–H groups in total. The minimum atomic E-state index is 0.0275. The smallest absolute Gasteiger partial charge is 0.317 e.